The van der Waals surface area contributed by atoms with E-state index in [2.05, 4.69) is 23.0 Å². The molecule has 2 saturated carbocycles. The van der Waals surface area contributed by atoms with Crippen LogP contribution in [0.2, 0.25) is 0 Å². The summed E-state index contributed by atoms with van der Waals surface area (Å²) in [7, 11) is 1.35. The lowest BCUT2D eigenvalue weighted by molar-refractivity contribution is -0.0995. The monoisotopic (exact) mass is 359 g/mol. The Morgan fingerprint density at radius 1 is 1.31 bits per heavy atom. The summed E-state index contributed by atoms with van der Waals surface area (Å²) < 4.78 is 4.68. The van der Waals surface area contributed by atoms with Crippen LogP contribution < -0.4 is 5.32 Å². The average Bonchev–Trinajstić information content (AvgIpc) is 2.91. The lowest BCUT2D eigenvalue weighted by Crippen LogP contribution is -2.55. The Labute approximate surface area is 154 Å². The van der Waals surface area contributed by atoms with Crippen LogP contribution in [0.4, 0.5) is 4.79 Å². The number of benzene rings is 1. The number of hydrogen-bond acceptors (Lipinski definition) is 4. The lowest BCUT2D eigenvalue weighted by Gasteiger charge is -2.53. The number of phenols is 1. The number of phenolic OH excluding ortho intramolecular Hbond substituents is 1. The molecule has 5 atom stereocenters. The number of carbonyl (C=O) groups excluding carboxylic acids is 1. The van der Waals surface area contributed by atoms with Gasteiger partial charge < -0.3 is 20.3 Å². The Bertz CT molecular complexity index is 720. The van der Waals surface area contributed by atoms with Crippen LogP contribution in [0.5, 0.6) is 5.75 Å². The van der Waals surface area contributed by atoms with Crippen LogP contribution >= 0.6 is 0 Å². The molecule has 5 nitrogen and oxygen atoms in total. The number of amides is 1. The fourth-order valence-corrected chi connectivity index (χ4v) is 6.26. The standard InChI is InChI=1S/C21H29NO4/c1-20-9-7-16-15-6-4-14(23)11-13(15)3-5-17(16)18(20)8-10-21(20,25)12-22-19(24)26-2/h4,6,11,16-18,23,25H,3,5,7-10,12H2,1-2H3,(H,22,24)/t16-,17-,18+,20+,21-/m1/s1. The molecule has 0 saturated heterocycles. The second-order valence-corrected chi connectivity index (χ2v) is 8.67. The van der Waals surface area contributed by atoms with Gasteiger partial charge in [-0.05, 0) is 79.5 Å². The SMILES string of the molecule is COC(=O)NC[C@]1(O)CC[C@H]2[C@@H]3CCc4cc(O)ccc4[C@H]3CC[C@@]21C. The van der Waals surface area contributed by atoms with Crippen molar-refractivity contribution in [2.45, 2.75) is 57.0 Å². The van der Waals surface area contributed by atoms with Crippen molar-refractivity contribution in [2.24, 2.45) is 17.3 Å². The molecule has 5 heteroatoms. The number of hydrogen-bond donors (Lipinski definition) is 3. The molecule has 2 fully saturated rings. The predicted octanol–water partition coefficient (Wildman–Crippen LogP) is 3.34. The number of rotatable bonds is 2. The second-order valence-electron chi connectivity index (χ2n) is 8.67. The number of nitrogens with one attached hydrogen (secondary N) is 1. The van der Waals surface area contributed by atoms with Gasteiger partial charge in [0.25, 0.3) is 0 Å². The number of fused-ring (bicyclic) bond motifs is 5. The van der Waals surface area contributed by atoms with Gasteiger partial charge in [-0.2, -0.15) is 0 Å². The maximum Gasteiger partial charge on any atom is 0.406 e. The van der Waals surface area contributed by atoms with E-state index in [0.717, 1.165) is 38.5 Å². The molecule has 4 rings (SSSR count). The molecule has 3 aliphatic carbocycles. The van der Waals surface area contributed by atoms with Gasteiger partial charge in [-0.1, -0.05) is 13.0 Å². The molecule has 1 amide bonds. The van der Waals surface area contributed by atoms with Gasteiger partial charge in [-0.3, -0.25) is 0 Å². The highest BCUT2D eigenvalue weighted by Gasteiger charge is 2.61. The number of methoxy groups -OCH3 is 1. The highest BCUT2D eigenvalue weighted by molar-refractivity contribution is 5.67. The van der Waals surface area contributed by atoms with Crippen molar-refractivity contribution in [1.82, 2.24) is 5.32 Å². The van der Waals surface area contributed by atoms with Crippen LogP contribution in [-0.4, -0.2) is 35.6 Å². The summed E-state index contributed by atoms with van der Waals surface area (Å²) >= 11 is 0. The molecule has 0 aromatic heterocycles. The number of ether oxygens (including phenoxy) is 1. The van der Waals surface area contributed by atoms with Crippen molar-refractivity contribution in [2.75, 3.05) is 13.7 Å². The Balaban J connectivity index is 1.58. The van der Waals surface area contributed by atoms with Crippen LogP contribution in [0.25, 0.3) is 0 Å². The molecule has 26 heavy (non-hydrogen) atoms. The van der Waals surface area contributed by atoms with E-state index in [4.69, 9.17) is 0 Å². The molecule has 0 radical (unpaired) electrons. The molecule has 3 N–H and O–H groups in total. The Kier molecular flexibility index (Phi) is 4.18. The number of alkyl carbamates (subject to hydrolysis) is 1. The van der Waals surface area contributed by atoms with Gasteiger partial charge in [0.15, 0.2) is 0 Å². The van der Waals surface area contributed by atoms with Gasteiger partial charge >= 0.3 is 6.09 Å². The molecule has 142 valence electrons. The smallest absolute Gasteiger partial charge is 0.406 e. The minimum atomic E-state index is -0.869. The topological polar surface area (TPSA) is 78.8 Å². The first-order valence-electron chi connectivity index (χ1n) is 9.74. The highest BCUT2D eigenvalue weighted by Crippen LogP contribution is 2.64. The first-order chi connectivity index (χ1) is 12.4. The van der Waals surface area contributed by atoms with Crippen molar-refractivity contribution in [3.8, 4) is 5.75 Å². The second kappa shape index (κ2) is 6.15. The summed E-state index contributed by atoms with van der Waals surface area (Å²) in [6.07, 6.45) is 5.37. The minimum absolute atomic E-state index is 0.177. The first-order valence-corrected chi connectivity index (χ1v) is 9.74. The van der Waals surface area contributed by atoms with Crippen LogP contribution in [-0.2, 0) is 11.2 Å². The van der Waals surface area contributed by atoms with E-state index in [1.54, 1.807) is 6.07 Å². The first kappa shape index (κ1) is 17.7. The molecule has 0 unspecified atom stereocenters. The quantitative estimate of drug-likeness (QED) is 0.757. The van der Waals surface area contributed by atoms with Crippen molar-refractivity contribution in [3.63, 3.8) is 0 Å². The largest absolute Gasteiger partial charge is 0.508 e. The Morgan fingerprint density at radius 3 is 2.88 bits per heavy atom. The molecular weight excluding hydrogens is 330 g/mol. The van der Waals surface area contributed by atoms with E-state index in [0.29, 0.717) is 23.5 Å². The number of carbonyl (C=O) groups is 1. The minimum Gasteiger partial charge on any atom is -0.508 e. The van der Waals surface area contributed by atoms with E-state index in [1.807, 2.05) is 6.07 Å². The summed E-state index contributed by atoms with van der Waals surface area (Å²) in [6.45, 7) is 2.47. The zero-order valence-electron chi connectivity index (χ0n) is 15.6. The van der Waals surface area contributed by atoms with Crippen LogP contribution in [0.15, 0.2) is 18.2 Å². The number of aliphatic hydroxyl groups is 1. The third-order valence-corrected chi connectivity index (χ3v) is 7.74. The summed E-state index contributed by atoms with van der Waals surface area (Å²) in [4.78, 5) is 11.5. The van der Waals surface area contributed by atoms with Crippen LogP contribution in [0.1, 0.15) is 56.1 Å². The molecule has 1 aromatic carbocycles. The fourth-order valence-electron chi connectivity index (χ4n) is 6.26. The summed E-state index contributed by atoms with van der Waals surface area (Å²) in [5.41, 5.74) is 1.63. The molecular formula is C21H29NO4. The summed E-state index contributed by atoms with van der Waals surface area (Å²) in [5, 5.41) is 23.9. The third-order valence-electron chi connectivity index (χ3n) is 7.74. The van der Waals surface area contributed by atoms with Crippen molar-refractivity contribution in [3.05, 3.63) is 29.3 Å². The highest BCUT2D eigenvalue weighted by atomic mass is 16.5. The number of aryl methyl sites for hydroxylation is 1. The zero-order valence-corrected chi connectivity index (χ0v) is 15.6. The molecule has 3 aliphatic rings. The molecule has 0 aliphatic heterocycles. The molecule has 0 heterocycles. The van der Waals surface area contributed by atoms with Gasteiger partial charge in [0.1, 0.15) is 5.75 Å². The van der Waals surface area contributed by atoms with Gasteiger partial charge in [-0.25, -0.2) is 4.79 Å². The van der Waals surface area contributed by atoms with Gasteiger partial charge in [0.05, 0.1) is 19.3 Å². The van der Waals surface area contributed by atoms with Crippen molar-refractivity contribution >= 4 is 6.09 Å². The lowest BCUT2D eigenvalue weighted by atomic mass is 9.53. The maximum absolute atomic E-state index is 11.5. The van der Waals surface area contributed by atoms with Gasteiger partial charge in [-0.15, -0.1) is 0 Å². The zero-order chi connectivity index (χ0) is 18.5. The van der Waals surface area contributed by atoms with Crippen LogP contribution in [0, 0.1) is 17.3 Å². The molecule has 0 bridgehead atoms. The fraction of sp³-hybridized carbons (Fsp3) is 0.667. The van der Waals surface area contributed by atoms with Gasteiger partial charge in [0.2, 0.25) is 0 Å². The van der Waals surface area contributed by atoms with Crippen molar-refractivity contribution in [1.29, 1.82) is 0 Å². The molecule has 0 spiro atoms. The number of aromatic hydroxyl groups is 1. The average molecular weight is 359 g/mol. The van der Waals surface area contributed by atoms with E-state index in [9.17, 15) is 15.0 Å². The van der Waals surface area contributed by atoms with E-state index >= 15 is 0 Å². The van der Waals surface area contributed by atoms with Crippen molar-refractivity contribution < 1.29 is 19.7 Å². The Morgan fingerprint density at radius 2 is 2.12 bits per heavy atom. The van der Waals surface area contributed by atoms with Crippen LogP contribution in [0.3, 0.4) is 0 Å². The summed E-state index contributed by atoms with van der Waals surface area (Å²) in [5.74, 6) is 1.91. The summed E-state index contributed by atoms with van der Waals surface area (Å²) in [6, 6.07) is 5.83. The normalized spacial score (nSPS) is 38.0. The Hall–Kier alpha value is -1.75. The molecule has 1 aromatic rings. The van der Waals surface area contributed by atoms with E-state index in [-0.39, 0.29) is 12.0 Å². The van der Waals surface area contributed by atoms with E-state index < -0.39 is 11.7 Å². The predicted molar refractivity (Wildman–Crippen MR) is 98.1 cm³/mol. The van der Waals surface area contributed by atoms with Gasteiger partial charge in [0, 0.05) is 5.41 Å². The van der Waals surface area contributed by atoms with E-state index in [1.165, 1.54) is 18.2 Å². The third kappa shape index (κ3) is 2.51. The maximum atomic E-state index is 11.5.